The number of hydrogen-bond acceptors (Lipinski definition) is 3. The van der Waals surface area contributed by atoms with Crippen molar-refractivity contribution in [3.8, 4) is 0 Å². The minimum atomic E-state index is 0.518. The summed E-state index contributed by atoms with van der Waals surface area (Å²) in [7, 11) is 0. The Morgan fingerprint density at radius 2 is 2.11 bits per heavy atom. The van der Waals surface area contributed by atoms with Crippen molar-refractivity contribution in [2.45, 2.75) is 46.0 Å². The van der Waals surface area contributed by atoms with Gasteiger partial charge in [0.25, 0.3) is 0 Å². The average molecular weight is 268 g/mol. The van der Waals surface area contributed by atoms with Crippen LogP contribution in [-0.2, 0) is 4.74 Å². The second-order valence-electron chi connectivity index (χ2n) is 6.77. The van der Waals surface area contributed by atoms with E-state index in [-0.39, 0.29) is 0 Å². The van der Waals surface area contributed by atoms with Crippen LogP contribution in [0.2, 0.25) is 0 Å². The fourth-order valence-corrected chi connectivity index (χ4v) is 3.89. The van der Waals surface area contributed by atoms with Gasteiger partial charge in [-0.2, -0.15) is 0 Å². The van der Waals surface area contributed by atoms with Crippen LogP contribution in [0.4, 0.5) is 0 Å². The summed E-state index contributed by atoms with van der Waals surface area (Å²) in [5.41, 5.74) is 0.518. The fraction of sp³-hybridized carbons (Fsp3) is 1.00. The third-order valence-corrected chi connectivity index (χ3v) is 4.78. The van der Waals surface area contributed by atoms with Gasteiger partial charge in [0, 0.05) is 26.2 Å². The van der Waals surface area contributed by atoms with Crippen LogP contribution in [0.3, 0.4) is 0 Å². The molecule has 2 unspecified atom stereocenters. The van der Waals surface area contributed by atoms with Crippen molar-refractivity contribution in [2.75, 3.05) is 45.9 Å². The summed E-state index contributed by atoms with van der Waals surface area (Å²) in [4.78, 5) is 2.63. The van der Waals surface area contributed by atoms with E-state index in [1.165, 1.54) is 51.7 Å². The third-order valence-electron chi connectivity index (χ3n) is 4.78. The molecule has 1 saturated carbocycles. The molecule has 0 bridgehead atoms. The van der Waals surface area contributed by atoms with E-state index in [1.807, 2.05) is 0 Å². The van der Waals surface area contributed by atoms with E-state index in [0.29, 0.717) is 5.41 Å². The second-order valence-corrected chi connectivity index (χ2v) is 6.77. The van der Waals surface area contributed by atoms with Gasteiger partial charge in [-0.05, 0) is 37.1 Å². The lowest BCUT2D eigenvalue weighted by atomic mass is 9.69. The predicted molar refractivity (Wildman–Crippen MR) is 80.5 cm³/mol. The topological polar surface area (TPSA) is 24.5 Å². The Morgan fingerprint density at radius 1 is 1.32 bits per heavy atom. The van der Waals surface area contributed by atoms with Crippen molar-refractivity contribution >= 4 is 0 Å². The van der Waals surface area contributed by atoms with Gasteiger partial charge >= 0.3 is 0 Å². The first-order valence-electron chi connectivity index (χ1n) is 8.25. The van der Waals surface area contributed by atoms with E-state index in [0.717, 1.165) is 32.2 Å². The van der Waals surface area contributed by atoms with Gasteiger partial charge in [-0.3, -0.25) is 4.90 Å². The molecule has 1 N–H and O–H groups in total. The van der Waals surface area contributed by atoms with Gasteiger partial charge in [0.2, 0.25) is 0 Å². The highest BCUT2D eigenvalue weighted by molar-refractivity contribution is 4.90. The Kier molecular flexibility index (Phi) is 6.11. The number of rotatable bonds is 6. The number of hydrogen-bond donors (Lipinski definition) is 1. The van der Waals surface area contributed by atoms with Crippen LogP contribution in [0.25, 0.3) is 0 Å². The number of ether oxygens (including phenoxy) is 1. The summed E-state index contributed by atoms with van der Waals surface area (Å²) in [6.07, 6.45) is 6.90. The van der Waals surface area contributed by atoms with E-state index < -0.39 is 0 Å². The molecule has 2 fully saturated rings. The first-order valence-corrected chi connectivity index (χ1v) is 8.25. The summed E-state index contributed by atoms with van der Waals surface area (Å²) >= 11 is 0. The van der Waals surface area contributed by atoms with Crippen molar-refractivity contribution in [3.63, 3.8) is 0 Å². The van der Waals surface area contributed by atoms with Crippen LogP contribution < -0.4 is 5.32 Å². The summed E-state index contributed by atoms with van der Waals surface area (Å²) in [6.45, 7) is 12.5. The van der Waals surface area contributed by atoms with Crippen LogP contribution >= 0.6 is 0 Å². The van der Waals surface area contributed by atoms with Crippen molar-refractivity contribution < 1.29 is 4.74 Å². The molecule has 2 atom stereocenters. The Balaban J connectivity index is 1.91. The molecule has 0 aromatic heterocycles. The molecule has 0 radical (unpaired) electrons. The maximum absolute atomic E-state index is 5.48. The predicted octanol–water partition coefficient (Wildman–Crippen LogP) is 2.51. The number of morpholine rings is 1. The Bertz CT molecular complexity index is 253. The molecule has 19 heavy (non-hydrogen) atoms. The molecule has 1 aliphatic carbocycles. The maximum atomic E-state index is 5.48. The zero-order valence-electron chi connectivity index (χ0n) is 12.9. The Morgan fingerprint density at radius 3 is 2.79 bits per heavy atom. The lowest BCUT2D eigenvalue weighted by molar-refractivity contribution is 0.00203. The van der Waals surface area contributed by atoms with Crippen molar-refractivity contribution in [2.24, 2.45) is 11.3 Å². The number of nitrogens with zero attached hydrogens (tertiary/aromatic N) is 1. The molecule has 2 aliphatic rings. The molecule has 1 aliphatic heterocycles. The molecule has 1 heterocycles. The van der Waals surface area contributed by atoms with Crippen molar-refractivity contribution in [3.05, 3.63) is 0 Å². The van der Waals surface area contributed by atoms with Gasteiger partial charge in [-0.25, -0.2) is 0 Å². The van der Waals surface area contributed by atoms with Gasteiger partial charge in [0.1, 0.15) is 0 Å². The van der Waals surface area contributed by atoms with Gasteiger partial charge in [-0.15, -0.1) is 0 Å². The van der Waals surface area contributed by atoms with Gasteiger partial charge in [0.15, 0.2) is 0 Å². The maximum Gasteiger partial charge on any atom is 0.0594 e. The molecule has 1 saturated heterocycles. The quantitative estimate of drug-likeness (QED) is 0.749. The summed E-state index contributed by atoms with van der Waals surface area (Å²) in [6, 6.07) is 0. The highest BCUT2D eigenvalue weighted by atomic mass is 16.5. The van der Waals surface area contributed by atoms with Crippen LogP contribution in [0.15, 0.2) is 0 Å². The molecular weight excluding hydrogens is 236 g/mol. The van der Waals surface area contributed by atoms with E-state index in [1.54, 1.807) is 0 Å². The average Bonchev–Trinajstić information content (AvgIpc) is 2.40. The minimum absolute atomic E-state index is 0.518. The highest BCUT2D eigenvalue weighted by Gasteiger charge is 2.36. The zero-order valence-corrected chi connectivity index (χ0v) is 12.9. The first kappa shape index (κ1) is 15.3. The van der Waals surface area contributed by atoms with E-state index >= 15 is 0 Å². The summed E-state index contributed by atoms with van der Waals surface area (Å²) < 4.78 is 5.48. The Labute approximate surface area is 119 Å². The van der Waals surface area contributed by atoms with Gasteiger partial charge < -0.3 is 10.1 Å². The lowest BCUT2D eigenvalue weighted by Gasteiger charge is -2.44. The number of nitrogens with one attached hydrogen (secondary N) is 1. The smallest absolute Gasteiger partial charge is 0.0594 e. The van der Waals surface area contributed by atoms with Crippen LogP contribution in [0, 0.1) is 11.3 Å². The molecule has 2 rings (SSSR count). The normalized spacial score (nSPS) is 33.5. The largest absolute Gasteiger partial charge is 0.379 e. The monoisotopic (exact) mass is 268 g/mol. The highest BCUT2D eigenvalue weighted by Crippen LogP contribution is 2.39. The van der Waals surface area contributed by atoms with Crippen molar-refractivity contribution in [1.82, 2.24) is 10.2 Å². The third kappa shape index (κ3) is 4.73. The fourth-order valence-electron chi connectivity index (χ4n) is 3.89. The Hall–Kier alpha value is -0.120. The molecule has 3 heteroatoms. The first-order chi connectivity index (χ1) is 9.24. The van der Waals surface area contributed by atoms with Crippen LogP contribution in [0.5, 0.6) is 0 Å². The van der Waals surface area contributed by atoms with E-state index in [9.17, 15) is 0 Å². The lowest BCUT2D eigenvalue weighted by Crippen LogP contribution is -2.49. The molecular formula is C16H32N2O. The molecule has 0 spiro atoms. The zero-order chi connectivity index (χ0) is 13.6. The van der Waals surface area contributed by atoms with Gasteiger partial charge in [-0.1, -0.05) is 26.7 Å². The standard InChI is InChI=1S/C16H32N2O/c1-3-7-17-13-16(6-4-5-15(2)12-16)14-18-8-10-19-11-9-18/h15,17H,3-14H2,1-2H3. The van der Waals surface area contributed by atoms with Crippen molar-refractivity contribution in [1.29, 1.82) is 0 Å². The molecule has 0 amide bonds. The van der Waals surface area contributed by atoms with E-state index in [4.69, 9.17) is 4.74 Å². The SMILES string of the molecule is CCCNCC1(CN2CCOCC2)CCCC(C)C1. The van der Waals surface area contributed by atoms with Crippen LogP contribution in [0.1, 0.15) is 46.0 Å². The second kappa shape index (κ2) is 7.61. The molecule has 3 nitrogen and oxygen atoms in total. The summed E-state index contributed by atoms with van der Waals surface area (Å²) in [5.74, 6) is 0.901. The van der Waals surface area contributed by atoms with Gasteiger partial charge in [0.05, 0.1) is 13.2 Å². The molecule has 0 aromatic carbocycles. The van der Waals surface area contributed by atoms with E-state index in [2.05, 4.69) is 24.1 Å². The molecule has 0 aromatic rings. The molecule has 112 valence electrons. The van der Waals surface area contributed by atoms with Crippen LogP contribution in [-0.4, -0.2) is 50.8 Å². The minimum Gasteiger partial charge on any atom is -0.379 e. The summed E-state index contributed by atoms with van der Waals surface area (Å²) in [5, 5.41) is 3.70.